The summed E-state index contributed by atoms with van der Waals surface area (Å²) < 4.78 is 48.7. The third-order valence-electron chi connectivity index (χ3n) is 4.16. The van der Waals surface area contributed by atoms with Crippen LogP contribution in [0.1, 0.15) is 17.2 Å². The minimum absolute atomic E-state index is 0.0602. The maximum absolute atomic E-state index is 12.7. The van der Waals surface area contributed by atoms with Gasteiger partial charge in [0.05, 0.1) is 11.6 Å². The van der Waals surface area contributed by atoms with Crippen LogP contribution in [0.3, 0.4) is 0 Å². The summed E-state index contributed by atoms with van der Waals surface area (Å²) in [6.45, 7) is 0.0602. The Morgan fingerprint density at radius 2 is 1.77 bits per heavy atom. The topological polar surface area (TPSA) is 59.0 Å². The molecule has 4 rings (SSSR count). The molecule has 2 heterocycles. The van der Waals surface area contributed by atoms with Crippen LogP contribution in [0, 0.1) is 6.08 Å². The predicted octanol–water partition coefficient (Wildman–Crippen LogP) is 3.77. The van der Waals surface area contributed by atoms with Crippen LogP contribution in [0.25, 0.3) is 0 Å². The number of alkyl halides is 3. The van der Waals surface area contributed by atoms with Crippen molar-refractivity contribution in [2.75, 3.05) is 11.7 Å². The van der Waals surface area contributed by atoms with Crippen LogP contribution in [-0.4, -0.2) is 17.8 Å². The van der Waals surface area contributed by atoms with E-state index in [1.54, 1.807) is 18.2 Å². The second-order valence-electron chi connectivity index (χ2n) is 5.75. The van der Waals surface area contributed by atoms with E-state index in [2.05, 4.69) is 6.08 Å². The van der Waals surface area contributed by atoms with Gasteiger partial charge in [0, 0.05) is 11.8 Å². The number of halogens is 3. The fraction of sp³-hybridized carbons (Fsp3) is 0.167. The van der Waals surface area contributed by atoms with Crippen LogP contribution in [0.5, 0.6) is 11.5 Å². The standard InChI is InChI=1S/C18H11F3NO4/c19-18(20,21)11-3-1-10(2-4-11)17-13(23)8-16(24)22(17)12-5-6-14-15(7-12)26-9-25-14/h1-7,17,23H,9H2. The van der Waals surface area contributed by atoms with Gasteiger partial charge in [-0.25, -0.2) is 0 Å². The second kappa shape index (κ2) is 5.69. The van der Waals surface area contributed by atoms with Gasteiger partial charge in [-0.15, -0.1) is 0 Å². The lowest BCUT2D eigenvalue weighted by Crippen LogP contribution is -2.29. The van der Waals surface area contributed by atoms with Gasteiger partial charge in [-0.3, -0.25) is 9.69 Å². The molecule has 0 fully saturated rings. The lowest BCUT2D eigenvalue weighted by molar-refractivity contribution is -0.137. The number of amides is 1. The zero-order chi connectivity index (χ0) is 18.5. The largest absolute Gasteiger partial charge is 0.509 e. The SMILES string of the molecule is O=C1[C]=C(O)C(c2ccc(C(F)(F)F)cc2)N1c1ccc2c(c1)OCO2. The highest BCUT2D eigenvalue weighted by atomic mass is 19.4. The molecule has 0 saturated heterocycles. The van der Waals surface area contributed by atoms with Crippen LogP contribution in [0.15, 0.2) is 48.2 Å². The molecule has 26 heavy (non-hydrogen) atoms. The molecule has 2 aromatic carbocycles. The molecule has 8 heteroatoms. The van der Waals surface area contributed by atoms with Gasteiger partial charge >= 0.3 is 6.18 Å². The number of benzene rings is 2. The lowest BCUT2D eigenvalue weighted by atomic mass is 10.0. The molecule has 0 spiro atoms. The predicted molar refractivity (Wildman–Crippen MR) is 83.6 cm³/mol. The number of ether oxygens (including phenoxy) is 2. The van der Waals surface area contributed by atoms with Crippen LogP contribution in [0.2, 0.25) is 0 Å². The number of carbonyl (C=O) groups is 1. The number of hydrogen-bond donors (Lipinski definition) is 1. The molecule has 2 aromatic rings. The number of nitrogens with zero attached hydrogens (tertiary/aromatic N) is 1. The molecular weight excluding hydrogens is 351 g/mol. The van der Waals surface area contributed by atoms with Crippen molar-refractivity contribution < 1.29 is 32.5 Å². The normalized spacial score (nSPS) is 19.0. The van der Waals surface area contributed by atoms with Crippen molar-refractivity contribution >= 4 is 11.6 Å². The maximum atomic E-state index is 12.7. The molecule has 0 aromatic heterocycles. The lowest BCUT2D eigenvalue weighted by Gasteiger charge is -2.26. The Kier molecular flexibility index (Phi) is 3.57. The summed E-state index contributed by atoms with van der Waals surface area (Å²) in [5, 5.41) is 10.1. The van der Waals surface area contributed by atoms with E-state index >= 15 is 0 Å². The van der Waals surface area contributed by atoms with Crippen LogP contribution in [0.4, 0.5) is 18.9 Å². The zero-order valence-corrected chi connectivity index (χ0v) is 13.1. The Labute approximate surface area is 145 Å². The second-order valence-corrected chi connectivity index (χ2v) is 5.75. The van der Waals surface area contributed by atoms with Crippen molar-refractivity contribution in [2.24, 2.45) is 0 Å². The van der Waals surface area contributed by atoms with Crippen molar-refractivity contribution in [2.45, 2.75) is 12.2 Å². The van der Waals surface area contributed by atoms with Crippen LogP contribution in [-0.2, 0) is 11.0 Å². The van der Waals surface area contributed by atoms with Crippen molar-refractivity contribution in [1.29, 1.82) is 0 Å². The Hall–Kier alpha value is -3.16. The average Bonchev–Trinajstić information content (AvgIpc) is 3.17. The summed E-state index contributed by atoms with van der Waals surface area (Å²) in [6, 6.07) is 8.08. The van der Waals surface area contributed by atoms with Gasteiger partial charge in [0.1, 0.15) is 11.8 Å². The smallest absolute Gasteiger partial charge is 0.416 e. The van der Waals surface area contributed by atoms with E-state index in [1.165, 1.54) is 17.0 Å². The van der Waals surface area contributed by atoms with E-state index in [-0.39, 0.29) is 12.6 Å². The first-order chi connectivity index (χ1) is 12.3. The minimum Gasteiger partial charge on any atom is -0.509 e. The number of aliphatic hydroxyl groups excluding tert-OH is 1. The highest BCUT2D eigenvalue weighted by Gasteiger charge is 2.37. The van der Waals surface area contributed by atoms with Gasteiger partial charge in [-0.2, -0.15) is 13.2 Å². The first-order valence-corrected chi connectivity index (χ1v) is 7.57. The van der Waals surface area contributed by atoms with E-state index in [9.17, 15) is 23.1 Å². The van der Waals surface area contributed by atoms with Crippen LogP contribution >= 0.6 is 0 Å². The summed E-state index contributed by atoms with van der Waals surface area (Å²) in [7, 11) is 0. The van der Waals surface area contributed by atoms with E-state index in [0.717, 1.165) is 12.1 Å². The molecule has 2 aliphatic rings. The maximum Gasteiger partial charge on any atom is 0.416 e. The average molecular weight is 362 g/mol. The Morgan fingerprint density at radius 3 is 2.46 bits per heavy atom. The molecule has 1 unspecified atom stereocenters. The Bertz CT molecular complexity index is 906. The van der Waals surface area contributed by atoms with E-state index in [1.807, 2.05) is 0 Å². The molecule has 0 saturated carbocycles. The summed E-state index contributed by atoms with van der Waals surface area (Å²) in [4.78, 5) is 13.5. The van der Waals surface area contributed by atoms with E-state index in [4.69, 9.17) is 9.47 Å². The van der Waals surface area contributed by atoms with E-state index in [0.29, 0.717) is 22.7 Å². The quantitative estimate of drug-likeness (QED) is 0.884. The van der Waals surface area contributed by atoms with Gasteiger partial charge in [0.25, 0.3) is 5.91 Å². The molecule has 1 amide bonds. The fourth-order valence-electron chi connectivity index (χ4n) is 2.94. The van der Waals surface area contributed by atoms with Crippen molar-refractivity contribution in [3.63, 3.8) is 0 Å². The summed E-state index contributed by atoms with van der Waals surface area (Å²) in [5.41, 5.74) is -0.0835. The fourth-order valence-corrected chi connectivity index (χ4v) is 2.94. The zero-order valence-electron chi connectivity index (χ0n) is 13.1. The highest BCUT2D eigenvalue weighted by molar-refractivity contribution is 6.03. The molecule has 5 nitrogen and oxygen atoms in total. The summed E-state index contributed by atoms with van der Waals surface area (Å²) in [5.74, 6) is -0.0146. The minimum atomic E-state index is -4.47. The molecule has 1 radical (unpaired) electrons. The number of rotatable bonds is 2. The molecule has 133 valence electrons. The van der Waals surface area contributed by atoms with Crippen molar-refractivity contribution in [3.05, 3.63) is 65.4 Å². The van der Waals surface area contributed by atoms with Crippen molar-refractivity contribution in [3.8, 4) is 11.5 Å². The Morgan fingerprint density at radius 1 is 1.08 bits per heavy atom. The third kappa shape index (κ3) is 2.63. The Balaban J connectivity index is 1.71. The number of fused-ring (bicyclic) bond motifs is 1. The molecule has 1 N–H and O–H groups in total. The first kappa shape index (κ1) is 16.3. The number of aliphatic hydroxyl groups is 1. The molecule has 0 bridgehead atoms. The van der Waals surface area contributed by atoms with Crippen LogP contribution < -0.4 is 14.4 Å². The van der Waals surface area contributed by atoms with Gasteiger partial charge in [0.2, 0.25) is 6.79 Å². The van der Waals surface area contributed by atoms with E-state index < -0.39 is 23.7 Å². The van der Waals surface area contributed by atoms with Crippen molar-refractivity contribution in [1.82, 2.24) is 0 Å². The van der Waals surface area contributed by atoms with Gasteiger partial charge in [0.15, 0.2) is 11.5 Å². The number of carbonyl (C=O) groups excluding carboxylic acids is 1. The molecular formula is C18H11F3NO4. The van der Waals surface area contributed by atoms with Gasteiger partial charge in [-0.1, -0.05) is 12.1 Å². The first-order valence-electron chi connectivity index (χ1n) is 7.57. The summed E-state index contributed by atoms with van der Waals surface area (Å²) in [6.07, 6.45) is -2.18. The third-order valence-corrected chi connectivity index (χ3v) is 4.16. The molecule has 1 atom stereocenters. The number of anilines is 1. The van der Waals surface area contributed by atoms with Gasteiger partial charge < -0.3 is 14.6 Å². The monoisotopic (exact) mass is 362 g/mol. The molecule has 2 aliphatic heterocycles. The van der Waals surface area contributed by atoms with Gasteiger partial charge in [-0.05, 0) is 29.8 Å². The highest BCUT2D eigenvalue weighted by Crippen LogP contribution is 2.41. The number of hydrogen-bond acceptors (Lipinski definition) is 4. The molecule has 0 aliphatic carbocycles. The summed E-state index contributed by atoms with van der Waals surface area (Å²) >= 11 is 0.